The molecule has 1 saturated carbocycles. The molecule has 1 saturated heterocycles. The minimum absolute atomic E-state index is 0.0282. The standard InChI is InChI=1S/C25H29NO3/c1-17-7-3-4-8-18(17)13-20-14-21(16-26-25(20)27)19-11-12-23(28-2)24(15-19)29-22-9-5-6-10-22/h3-4,7-8,11-13,15,21-22H,5-6,9-10,14,16H2,1-2H3,(H,26,27)/b20-13+/t21-/m1/s1. The summed E-state index contributed by atoms with van der Waals surface area (Å²) in [4.78, 5) is 12.5. The minimum Gasteiger partial charge on any atom is -0.493 e. The Bertz CT molecular complexity index is 912. The third-order valence-electron chi connectivity index (χ3n) is 6.04. The number of carbonyl (C=O) groups is 1. The fourth-order valence-corrected chi connectivity index (χ4v) is 4.28. The van der Waals surface area contributed by atoms with Gasteiger partial charge < -0.3 is 14.8 Å². The van der Waals surface area contributed by atoms with Crippen LogP contribution < -0.4 is 14.8 Å². The molecule has 0 unspecified atom stereocenters. The SMILES string of the molecule is COc1ccc([C@H]2CNC(=O)/C(=C/c3ccccc3C)C2)cc1OC1CCCC1. The van der Waals surface area contributed by atoms with E-state index in [2.05, 4.69) is 36.5 Å². The Morgan fingerprint density at radius 3 is 2.62 bits per heavy atom. The summed E-state index contributed by atoms with van der Waals surface area (Å²) >= 11 is 0. The number of carbonyl (C=O) groups excluding carboxylic acids is 1. The van der Waals surface area contributed by atoms with Crippen molar-refractivity contribution in [3.8, 4) is 11.5 Å². The van der Waals surface area contributed by atoms with E-state index >= 15 is 0 Å². The van der Waals surface area contributed by atoms with Gasteiger partial charge in [0.05, 0.1) is 13.2 Å². The van der Waals surface area contributed by atoms with E-state index in [0.717, 1.165) is 41.9 Å². The van der Waals surface area contributed by atoms with Crippen LogP contribution in [-0.4, -0.2) is 25.7 Å². The Morgan fingerprint density at radius 1 is 1.07 bits per heavy atom. The van der Waals surface area contributed by atoms with Crippen LogP contribution in [0.4, 0.5) is 0 Å². The molecule has 2 aliphatic rings. The van der Waals surface area contributed by atoms with Gasteiger partial charge in [0.25, 0.3) is 0 Å². The summed E-state index contributed by atoms with van der Waals surface area (Å²) in [5.74, 6) is 1.84. The number of methoxy groups -OCH3 is 1. The summed E-state index contributed by atoms with van der Waals surface area (Å²) in [5, 5.41) is 3.06. The molecule has 0 radical (unpaired) electrons. The van der Waals surface area contributed by atoms with E-state index in [1.807, 2.05) is 24.3 Å². The van der Waals surface area contributed by atoms with E-state index in [1.165, 1.54) is 24.0 Å². The third-order valence-corrected chi connectivity index (χ3v) is 6.04. The Kier molecular flexibility index (Phi) is 5.89. The number of amides is 1. The second-order valence-corrected chi connectivity index (χ2v) is 8.07. The zero-order valence-electron chi connectivity index (χ0n) is 17.2. The van der Waals surface area contributed by atoms with Crippen LogP contribution in [0, 0.1) is 6.92 Å². The van der Waals surface area contributed by atoms with Crippen LogP contribution in [-0.2, 0) is 4.79 Å². The molecule has 2 fully saturated rings. The van der Waals surface area contributed by atoms with Gasteiger partial charge in [-0.3, -0.25) is 4.79 Å². The molecule has 2 aromatic rings. The van der Waals surface area contributed by atoms with E-state index in [1.54, 1.807) is 7.11 Å². The largest absolute Gasteiger partial charge is 0.493 e. The van der Waals surface area contributed by atoms with Crippen molar-refractivity contribution in [2.75, 3.05) is 13.7 Å². The first-order valence-electron chi connectivity index (χ1n) is 10.5. The monoisotopic (exact) mass is 391 g/mol. The lowest BCUT2D eigenvalue weighted by Gasteiger charge is -2.26. The smallest absolute Gasteiger partial charge is 0.247 e. The highest BCUT2D eigenvalue weighted by atomic mass is 16.5. The van der Waals surface area contributed by atoms with Crippen LogP contribution in [0.3, 0.4) is 0 Å². The maximum Gasteiger partial charge on any atom is 0.247 e. The molecule has 4 rings (SSSR count). The lowest BCUT2D eigenvalue weighted by Crippen LogP contribution is -2.35. The van der Waals surface area contributed by atoms with Crippen LogP contribution in [0.15, 0.2) is 48.0 Å². The van der Waals surface area contributed by atoms with E-state index in [0.29, 0.717) is 6.54 Å². The van der Waals surface area contributed by atoms with Gasteiger partial charge in [0.1, 0.15) is 0 Å². The number of benzene rings is 2. The molecule has 152 valence electrons. The summed E-state index contributed by atoms with van der Waals surface area (Å²) in [6, 6.07) is 14.3. The molecule has 29 heavy (non-hydrogen) atoms. The molecule has 4 heteroatoms. The highest BCUT2D eigenvalue weighted by Crippen LogP contribution is 2.36. The van der Waals surface area contributed by atoms with E-state index in [4.69, 9.17) is 9.47 Å². The van der Waals surface area contributed by atoms with Crippen molar-refractivity contribution in [2.24, 2.45) is 0 Å². The highest BCUT2D eigenvalue weighted by Gasteiger charge is 2.26. The van der Waals surface area contributed by atoms with Crippen molar-refractivity contribution in [1.82, 2.24) is 5.32 Å². The minimum atomic E-state index is 0.0282. The number of hydrogen-bond acceptors (Lipinski definition) is 3. The average molecular weight is 392 g/mol. The van der Waals surface area contributed by atoms with Gasteiger partial charge >= 0.3 is 0 Å². The molecule has 2 aromatic carbocycles. The summed E-state index contributed by atoms with van der Waals surface area (Å²) in [6.07, 6.45) is 7.70. The van der Waals surface area contributed by atoms with Gasteiger partial charge in [0.15, 0.2) is 11.5 Å². The zero-order valence-corrected chi connectivity index (χ0v) is 17.2. The predicted octanol–water partition coefficient (Wildman–Crippen LogP) is 5.01. The second-order valence-electron chi connectivity index (χ2n) is 8.07. The fraction of sp³-hybridized carbons (Fsp3) is 0.400. The van der Waals surface area contributed by atoms with E-state index in [-0.39, 0.29) is 17.9 Å². The lowest BCUT2D eigenvalue weighted by atomic mass is 9.87. The van der Waals surface area contributed by atoms with Crippen LogP contribution >= 0.6 is 0 Å². The first kappa shape index (κ1) is 19.6. The van der Waals surface area contributed by atoms with Crippen LogP contribution in [0.25, 0.3) is 6.08 Å². The number of aryl methyl sites for hydroxylation is 1. The Balaban J connectivity index is 1.57. The zero-order chi connectivity index (χ0) is 20.2. The molecule has 1 N–H and O–H groups in total. The third kappa shape index (κ3) is 4.47. The van der Waals surface area contributed by atoms with Gasteiger partial charge in [-0.15, -0.1) is 0 Å². The molecule has 0 bridgehead atoms. The van der Waals surface area contributed by atoms with E-state index < -0.39 is 0 Å². The summed E-state index contributed by atoms with van der Waals surface area (Å²) in [7, 11) is 1.68. The summed E-state index contributed by atoms with van der Waals surface area (Å²) < 4.78 is 11.8. The molecular formula is C25H29NO3. The molecule has 4 nitrogen and oxygen atoms in total. The van der Waals surface area contributed by atoms with Crippen molar-refractivity contribution >= 4 is 12.0 Å². The van der Waals surface area contributed by atoms with Crippen LogP contribution in [0.2, 0.25) is 0 Å². The van der Waals surface area contributed by atoms with Gasteiger partial charge in [0.2, 0.25) is 5.91 Å². The lowest BCUT2D eigenvalue weighted by molar-refractivity contribution is -0.118. The van der Waals surface area contributed by atoms with Crippen molar-refractivity contribution in [1.29, 1.82) is 0 Å². The molecule has 1 aliphatic carbocycles. The first-order valence-corrected chi connectivity index (χ1v) is 10.5. The summed E-state index contributed by atoms with van der Waals surface area (Å²) in [6.45, 7) is 2.71. The van der Waals surface area contributed by atoms with Crippen molar-refractivity contribution < 1.29 is 14.3 Å². The number of hydrogen-bond donors (Lipinski definition) is 1. The van der Waals surface area contributed by atoms with Gasteiger partial charge in [-0.2, -0.15) is 0 Å². The molecular weight excluding hydrogens is 362 g/mol. The molecule has 1 atom stereocenters. The Labute approximate surface area is 172 Å². The Morgan fingerprint density at radius 2 is 1.86 bits per heavy atom. The molecule has 1 amide bonds. The molecule has 0 aromatic heterocycles. The summed E-state index contributed by atoms with van der Waals surface area (Å²) in [5.41, 5.74) is 4.27. The average Bonchev–Trinajstić information content (AvgIpc) is 3.24. The maximum atomic E-state index is 12.5. The van der Waals surface area contributed by atoms with Gasteiger partial charge in [-0.25, -0.2) is 0 Å². The Hall–Kier alpha value is -2.75. The highest BCUT2D eigenvalue weighted by molar-refractivity contribution is 5.99. The fourth-order valence-electron chi connectivity index (χ4n) is 4.28. The second kappa shape index (κ2) is 8.73. The van der Waals surface area contributed by atoms with Gasteiger partial charge in [-0.1, -0.05) is 30.3 Å². The molecule has 0 spiro atoms. The van der Waals surface area contributed by atoms with Gasteiger partial charge in [-0.05, 0) is 73.9 Å². The van der Waals surface area contributed by atoms with Crippen LogP contribution in [0.5, 0.6) is 11.5 Å². The topological polar surface area (TPSA) is 47.6 Å². The number of nitrogens with one attached hydrogen (secondary N) is 1. The van der Waals surface area contributed by atoms with Crippen molar-refractivity contribution in [3.63, 3.8) is 0 Å². The normalized spacial score (nSPS) is 21.2. The van der Waals surface area contributed by atoms with Gasteiger partial charge in [0, 0.05) is 18.0 Å². The van der Waals surface area contributed by atoms with Crippen molar-refractivity contribution in [3.05, 3.63) is 64.7 Å². The number of piperidine rings is 1. The van der Waals surface area contributed by atoms with Crippen LogP contribution in [0.1, 0.15) is 54.7 Å². The first-order chi connectivity index (χ1) is 14.1. The number of rotatable bonds is 5. The quantitative estimate of drug-likeness (QED) is 0.729. The molecule has 1 aliphatic heterocycles. The van der Waals surface area contributed by atoms with Crippen molar-refractivity contribution in [2.45, 2.75) is 51.0 Å². The maximum absolute atomic E-state index is 12.5. The number of ether oxygens (including phenoxy) is 2. The van der Waals surface area contributed by atoms with E-state index in [9.17, 15) is 4.79 Å². The predicted molar refractivity (Wildman–Crippen MR) is 115 cm³/mol. The molecule has 1 heterocycles.